The van der Waals surface area contributed by atoms with Gasteiger partial charge in [-0.2, -0.15) is 0 Å². The topological polar surface area (TPSA) is 272 Å². The van der Waals surface area contributed by atoms with Gasteiger partial charge in [-0.3, -0.25) is 0 Å². The predicted molar refractivity (Wildman–Crippen MR) is 103 cm³/mol. The van der Waals surface area contributed by atoms with E-state index in [9.17, 15) is 0 Å². The Bertz CT molecular complexity index is 304. The number of aliphatic hydroxyl groups excluding tert-OH is 10. The van der Waals surface area contributed by atoms with Crippen LogP contribution < -0.4 is 0 Å². The zero-order valence-corrected chi connectivity index (χ0v) is 17.5. The average Bonchev–Trinajstić information content (AvgIpc) is 2.77. The Kier molecular flexibility index (Phi) is 22.5. The van der Waals surface area contributed by atoms with Crippen LogP contribution in [0.3, 0.4) is 0 Å². The molecular formula is C15H37O14P. The molecule has 15 heteroatoms. The molecular weight excluding hydrogens is 435 g/mol. The van der Waals surface area contributed by atoms with Crippen LogP contribution in [0.4, 0.5) is 0 Å². The van der Waals surface area contributed by atoms with Crippen LogP contribution in [-0.4, -0.2) is 145 Å². The number of hydrogen-bond donors (Lipinski definition) is 13. The van der Waals surface area contributed by atoms with Gasteiger partial charge in [-0.1, -0.05) is 0 Å². The van der Waals surface area contributed by atoms with E-state index < -0.39 is 90.9 Å². The van der Waals surface area contributed by atoms with Crippen molar-refractivity contribution in [3.63, 3.8) is 0 Å². The van der Waals surface area contributed by atoms with Crippen molar-refractivity contribution in [3.8, 4) is 0 Å². The molecule has 0 atom stereocenters. The smallest absolute Gasteiger partial charge is 0.324 e. The minimum Gasteiger partial charge on any atom is -0.396 e. The summed E-state index contributed by atoms with van der Waals surface area (Å²) in [5, 5.41) is 88.2. The van der Waals surface area contributed by atoms with Crippen LogP contribution in [0.15, 0.2) is 0 Å². The summed E-state index contributed by atoms with van der Waals surface area (Å²) in [6.07, 6.45) is 0. The SMILES string of the molecule is OCC(CO)(CO)CO.OCC(CO)(CO)COCC(CO)(CO)CO.OP(O)O. The highest BCUT2D eigenvalue weighted by molar-refractivity contribution is 7.38. The Morgan fingerprint density at radius 3 is 0.667 bits per heavy atom. The Hall–Kier alpha value is -0.130. The van der Waals surface area contributed by atoms with Crippen LogP contribution >= 0.6 is 8.60 Å². The maximum Gasteiger partial charge on any atom is 0.324 e. The maximum absolute atomic E-state index is 9.03. The second-order valence-electron chi connectivity index (χ2n) is 6.84. The molecule has 0 rings (SSSR count). The molecule has 0 aliphatic rings. The lowest BCUT2D eigenvalue weighted by atomic mass is 9.91. The fourth-order valence-corrected chi connectivity index (χ4v) is 1.36. The molecule has 30 heavy (non-hydrogen) atoms. The summed E-state index contributed by atoms with van der Waals surface area (Å²) in [5.74, 6) is 0. The van der Waals surface area contributed by atoms with E-state index in [1.54, 1.807) is 0 Å². The first kappa shape index (κ1) is 34.5. The summed E-state index contributed by atoms with van der Waals surface area (Å²) in [6, 6.07) is 0. The fraction of sp³-hybridized carbons (Fsp3) is 1.00. The second kappa shape index (κ2) is 19.5. The van der Waals surface area contributed by atoms with Gasteiger partial charge in [-0.15, -0.1) is 0 Å². The van der Waals surface area contributed by atoms with E-state index >= 15 is 0 Å². The number of ether oxygens (including phenoxy) is 1. The third-order valence-corrected chi connectivity index (χ3v) is 4.17. The fourth-order valence-electron chi connectivity index (χ4n) is 1.36. The van der Waals surface area contributed by atoms with Gasteiger partial charge in [-0.25, -0.2) is 0 Å². The number of rotatable bonds is 14. The molecule has 0 saturated carbocycles. The van der Waals surface area contributed by atoms with Gasteiger partial charge in [0.1, 0.15) is 0 Å². The third-order valence-electron chi connectivity index (χ3n) is 4.17. The van der Waals surface area contributed by atoms with E-state index in [2.05, 4.69) is 0 Å². The van der Waals surface area contributed by atoms with Crippen molar-refractivity contribution in [3.05, 3.63) is 0 Å². The van der Waals surface area contributed by atoms with E-state index in [-0.39, 0.29) is 13.2 Å². The standard InChI is InChI=1S/C10H22O7.C5H12O4.H3O3P/c11-1-9(2-12,3-13)7-17-8-10(4-14,5-15)6-16;6-1-5(2-7,3-8)4-9;1-4(2)3/h11-16H,1-8H2;6-9H,1-4H2;1-3H. The molecule has 0 fully saturated rings. The molecule has 0 aromatic carbocycles. The van der Waals surface area contributed by atoms with Crippen LogP contribution in [0.2, 0.25) is 0 Å². The number of aliphatic hydroxyl groups is 10. The first-order valence-electron chi connectivity index (χ1n) is 8.58. The molecule has 0 aromatic heterocycles. The summed E-state index contributed by atoms with van der Waals surface area (Å²) in [4.78, 5) is 21.7. The van der Waals surface area contributed by atoms with Crippen molar-refractivity contribution < 1.29 is 70.5 Å². The molecule has 13 N–H and O–H groups in total. The molecule has 0 saturated heterocycles. The van der Waals surface area contributed by atoms with Gasteiger partial charge in [0.25, 0.3) is 0 Å². The Morgan fingerprint density at radius 2 is 0.567 bits per heavy atom. The van der Waals surface area contributed by atoms with Gasteiger partial charge in [0.15, 0.2) is 0 Å². The second-order valence-corrected chi connectivity index (χ2v) is 7.38. The molecule has 0 aromatic rings. The maximum atomic E-state index is 9.03. The zero-order valence-electron chi connectivity index (χ0n) is 16.7. The lowest BCUT2D eigenvalue weighted by Gasteiger charge is -2.31. The van der Waals surface area contributed by atoms with E-state index in [1.165, 1.54) is 0 Å². The van der Waals surface area contributed by atoms with Crippen molar-refractivity contribution in [1.82, 2.24) is 0 Å². The molecule has 0 aliphatic heterocycles. The van der Waals surface area contributed by atoms with Crippen LogP contribution in [0.1, 0.15) is 0 Å². The summed E-state index contributed by atoms with van der Waals surface area (Å²) in [5.41, 5.74) is -3.43. The van der Waals surface area contributed by atoms with E-state index in [0.717, 1.165) is 0 Å². The van der Waals surface area contributed by atoms with Gasteiger partial charge in [0.05, 0.1) is 95.5 Å². The summed E-state index contributed by atoms with van der Waals surface area (Å²) in [7, 11) is -2.62. The predicted octanol–water partition coefficient (Wildman–Crippen LogP) is -5.94. The van der Waals surface area contributed by atoms with Crippen molar-refractivity contribution in [2.75, 3.05) is 79.3 Å². The first-order chi connectivity index (χ1) is 14.0. The van der Waals surface area contributed by atoms with Gasteiger partial charge >= 0.3 is 8.60 Å². The van der Waals surface area contributed by atoms with Crippen molar-refractivity contribution in [2.45, 2.75) is 0 Å². The summed E-state index contributed by atoms with van der Waals surface area (Å²) < 4.78 is 5.15. The summed E-state index contributed by atoms with van der Waals surface area (Å²) >= 11 is 0. The highest BCUT2D eigenvalue weighted by atomic mass is 31.2. The molecule has 186 valence electrons. The van der Waals surface area contributed by atoms with Crippen LogP contribution in [-0.2, 0) is 4.74 Å². The number of hydrogen-bond acceptors (Lipinski definition) is 14. The van der Waals surface area contributed by atoms with Gasteiger partial charge in [0, 0.05) is 0 Å². The molecule has 0 unspecified atom stereocenters. The molecule has 0 aliphatic carbocycles. The quantitative estimate of drug-likeness (QED) is 0.105. The van der Waals surface area contributed by atoms with Crippen LogP contribution in [0.5, 0.6) is 0 Å². The van der Waals surface area contributed by atoms with Crippen molar-refractivity contribution in [1.29, 1.82) is 0 Å². The van der Waals surface area contributed by atoms with E-state index in [4.69, 9.17) is 70.5 Å². The summed E-state index contributed by atoms with van der Waals surface area (Å²) in [6.45, 7) is -4.63. The van der Waals surface area contributed by atoms with Gasteiger partial charge in [0.2, 0.25) is 0 Å². The highest BCUT2D eigenvalue weighted by Crippen LogP contribution is 2.19. The van der Waals surface area contributed by atoms with E-state index in [1.807, 2.05) is 0 Å². The van der Waals surface area contributed by atoms with Crippen LogP contribution in [0.25, 0.3) is 0 Å². The molecule has 0 spiro atoms. The van der Waals surface area contributed by atoms with Crippen LogP contribution in [0, 0.1) is 16.2 Å². The molecule has 0 radical (unpaired) electrons. The lowest BCUT2D eigenvalue weighted by molar-refractivity contribution is -0.103. The lowest BCUT2D eigenvalue weighted by Crippen LogP contribution is -2.43. The monoisotopic (exact) mass is 472 g/mol. The molecule has 0 heterocycles. The third kappa shape index (κ3) is 14.0. The average molecular weight is 472 g/mol. The minimum atomic E-state index is -2.62. The normalized spacial score (nSPS) is 12.2. The largest absolute Gasteiger partial charge is 0.396 e. The molecule has 0 bridgehead atoms. The first-order valence-corrected chi connectivity index (χ1v) is 9.78. The molecule has 14 nitrogen and oxygen atoms in total. The Balaban J connectivity index is -0.000000466. The minimum absolute atomic E-state index is 0.141. The van der Waals surface area contributed by atoms with E-state index in [0.29, 0.717) is 0 Å². The highest BCUT2D eigenvalue weighted by Gasteiger charge is 2.32. The van der Waals surface area contributed by atoms with Gasteiger partial charge < -0.3 is 70.5 Å². The van der Waals surface area contributed by atoms with Crippen molar-refractivity contribution >= 4 is 8.60 Å². The zero-order chi connectivity index (χ0) is 24.3. The molecule has 0 amide bonds. The van der Waals surface area contributed by atoms with Gasteiger partial charge in [-0.05, 0) is 0 Å². The Morgan fingerprint density at radius 1 is 0.400 bits per heavy atom. The Labute approximate surface area is 175 Å². The van der Waals surface area contributed by atoms with Crippen molar-refractivity contribution in [2.24, 2.45) is 16.2 Å².